The highest BCUT2D eigenvalue weighted by Crippen LogP contribution is 1.99. The Morgan fingerprint density at radius 1 is 1.21 bits per heavy atom. The van der Waals surface area contributed by atoms with E-state index in [1.54, 1.807) is 0 Å². The van der Waals surface area contributed by atoms with Crippen LogP contribution in [-0.2, 0) is 0 Å². The van der Waals surface area contributed by atoms with Crippen molar-refractivity contribution < 1.29 is 0 Å². The summed E-state index contributed by atoms with van der Waals surface area (Å²) in [5.74, 6) is 0.278. The van der Waals surface area contributed by atoms with Gasteiger partial charge in [0.05, 0.1) is 5.84 Å². The summed E-state index contributed by atoms with van der Waals surface area (Å²) in [6, 6.07) is 0.523. The number of nitrogens with one attached hydrogen (secondary N) is 1. The predicted octanol–water partition coefficient (Wildman–Crippen LogP) is 0.584. The van der Waals surface area contributed by atoms with Gasteiger partial charge in [0, 0.05) is 32.1 Å². The summed E-state index contributed by atoms with van der Waals surface area (Å²) in [6.07, 6.45) is 0.672. The van der Waals surface area contributed by atoms with Gasteiger partial charge >= 0.3 is 0 Å². The van der Waals surface area contributed by atoms with Crippen LogP contribution in [-0.4, -0.2) is 55.4 Å². The maximum atomic E-state index is 7.19. The van der Waals surface area contributed by atoms with Crippen molar-refractivity contribution in [3.8, 4) is 0 Å². The smallest absolute Gasteiger partial charge is 0.0918 e. The molecule has 0 spiro atoms. The molecule has 84 valence electrons. The molecule has 0 amide bonds. The number of likely N-dealkylation sites (N-methyl/N-ethyl adjacent to an activating group) is 1. The van der Waals surface area contributed by atoms with Gasteiger partial charge in [-0.25, -0.2) is 0 Å². The van der Waals surface area contributed by atoms with Crippen molar-refractivity contribution in [2.24, 2.45) is 5.73 Å². The minimum absolute atomic E-state index is 0.278. The molecule has 0 aliphatic heterocycles. The summed E-state index contributed by atoms with van der Waals surface area (Å²) in [6.45, 7) is 7.33. The van der Waals surface area contributed by atoms with Gasteiger partial charge in [-0.3, -0.25) is 10.3 Å². The monoisotopic (exact) mass is 200 g/mol. The summed E-state index contributed by atoms with van der Waals surface area (Å²) in [5, 5.41) is 7.19. The maximum absolute atomic E-state index is 7.19. The van der Waals surface area contributed by atoms with Gasteiger partial charge in [0.1, 0.15) is 0 Å². The number of rotatable bonds is 7. The van der Waals surface area contributed by atoms with Crippen LogP contribution in [0.15, 0.2) is 0 Å². The Morgan fingerprint density at radius 3 is 2.14 bits per heavy atom. The van der Waals surface area contributed by atoms with E-state index >= 15 is 0 Å². The molecule has 0 aliphatic rings. The van der Waals surface area contributed by atoms with Crippen LogP contribution in [0.5, 0.6) is 0 Å². The molecule has 0 saturated heterocycles. The third-order valence-electron chi connectivity index (χ3n) is 2.23. The first-order valence-corrected chi connectivity index (χ1v) is 5.15. The van der Waals surface area contributed by atoms with Gasteiger partial charge in [-0.05, 0) is 27.9 Å². The highest BCUT2D eigenvalue weighted by molar-refractivity contribution is 5.76. The molecule has 0 bridgehead atoms. The number of amidine groups is 1. The lowest BCUT2D eigenvalue weighted by Gasteiger charge is -2.27. The van der Waals surface area contributed by atoms with E-state index in [-0.39, 0.29) is 5.84 Å². The fraction of sp³-hybridized carbons (Fsp3) is 0.900. The van der Waals surface area contributed by atoms with Crippen LogP contribution >= 0.6 is 0 Å². The fourth-order valence-corrected chi connectivity index (χ4v) is 1.22. The molecule has 3 N–H and O–H groups in total. The van der Waals surface area contributed by atoms with Crippen LogP contribution in [0.1, 0.15) is 20.3 Å². The van der Waals surface area contributed by atoms with Crippen molar-refractivity contribution in [2.45, 2.75) is 26.3 Å². The summed E-state index contributed by atoms with van der Waals surface area (Å²) in [4.78, 5) is 4.52. The molecule has 0 aromatic rings. The Balaban J connectivity index is 3.84. The Kier molecular flexibility index (Phi) is 6.49. The van der Waals surface area contributed by atoms with Gasteiger partial charge in [-0.15, -0.1) is 0 Å². The Bertz CT molecular complexity index is 166. The highest BCUT2D eigenvalue weighted by Gasteiger charge is 2.09. The topological polar surface area (TPSA) is 56.4 Å². The standard InChI is InChI=1S/C10H24N4/c1-9(2)14(6-5-10(11)12)8-7-13(3)4/h9H,5-8H2,1-4H3,(H3,11,12). The van der Waals surface area contributed by atoms with Crippen LogP contribution in [0, 0.1) is 5.41 Å². The summed E-state index contributed by atoms with van der Waals surface area (Å²) in [5.41, 5.74) is 5.34. The van der Waals surface area contributed by atoms with E-state index in [0.29, 0.717) is 12.5 Å². The Morgan fingerprint density at radius 2 is 1.79 bits per heavy atom. The van der Waals surface area contributed by atoms with Gasteiger partial charge in [-0.2, -0.15) is 0 Å². The molecule has 0 saturated carbocycles. The lowest BCUT2D eigenvalue weighted by molar-refractivity contribution is 0.204. The van der Waals surface area contributed by atoms with Crippen LogP contribution in [0.25, 0.3) is 0 Å². The third kappa shape index (κ3) is 6.86. The highest BCUT2D eigenvalue weighted by atomic mass is 15.2. The van der Waals surface area contributed by atoms with Crippen molar-refractivity contribution in [1.82, 2.24) is 9.80 Å². The summed E-state index contributed by atoms with van der Waals surface area (Å²) >= 11 is 0. The minimum atomic E-state index is 0.278. The number of hydrogen-bond acceptors (Lipinski definition) is 3. The van der Waals surface area contributed by atoms with Gasteiger partial charge in [0.2, 0.25) is 0 Å². The molecular weight excluding hydrogens is 176 g/mol. The summed E-state index contributed by atoms with van der Waals surface area (Å²) in [7, 11) is 4.15. The average molecular weight is 200 g/mol. The van der Waals surface area contributed by atoms with E-state index in [9.17, 15) is 0 Å². The first-order valence-electron chi connectivity index (χ1n) is 5.15. The minimum Gasteiger partial charge on any atom is -0.388 e. The third-order valence-corrected chi connectivity index (χ3v) is 2.23. The molecule has 0 radical (unpaired) electrons. The Hall–Kier alpha value is -0.610. The van der Waals surface area contributed by atoms with E-state index in [1.807, 2.05) is 0 Å². The van der Waals surface area contributed by atoms with Crippen LogP contribution in [0.3, 0.4) is 0 Å². The second-order valence-electron chi connectivity index (χ2n) is 4.21. The quantitative estimate of drug-likeness (QED) is 0.467. The average Bonchev–Trinajstić information content (AvgIpc) is 2.02. The molecule has 14 heavy (non-hydrogen) atoms. The lowest BCUT2D eigenvalue weighted by atomic mass is 10.2. The first kappa shape index (κ1) is 13.4. The largest absolute Gasteiger partial charge is 0.388 e. The molecule has 0 aromatic carbocycles. The van der Waals surface area contributed by atoms with Crippen LogP contribution < -0.4 is 5.73 Å². The van der Waals surface area contributed by atoms with E-state index in [0.717, 1.165) is 19.6 Å². The molecule has 4 heteroatoms. The Labute approximate surface area is 87.6 Å². The van der Waals surface area contributed by atoms with Gasteiger partial charge in [0.15, 0.2) is 0 Å². The number of nitrogens with two attached hydrogens (primary N) is 1. The number of hydrogen-bond donors (Lipinski definition) is 2. The van der Waals surface area contributed by atoms with Crippen molar-refractivity contribution >= 4 is 5.84 Å². The first-order chi connectivity index (χ1) is 6.43. The van der Waals surface area contributed by atoms with Crippen LogP contribution in [0.4, 0.5) is 0 Å². The molecule has 0 aromatic heterocycles. The SMILES string of the molecule is CC(C)N(CCC(=N)N)CCN(C)C. The lowest BCUT2D eigenvalue weighted by Crippen LogP contribution is -2.38. The molecule has 0 atom stereocenters. The zero-order chi connectivity index (χ0) is 11.1. The second kappa shape index (κ2) is 6.79. The molecular formula is C10H24N4. The summed E-state index contributed by atoms with van der Waals surface area (Å²) < 4.78 is 0. The van der Waals surface area contributed by atoms with E-state index in [1.165, 1.54) is 0 Å². The van der Waals surface area contributed by atoms with E-state index in [4.69, 9.17) is 11.1 Å². The van der Waals surface area contributed by atoms with Crippen molar-refractivity contribution in [2.75, 3.05) is 33.7 Å². The molecule has 0 rings (SSSR count). The van der Waals surface area contributed by atoms with E-state index < -0.39 is 0 Å². The zero-order valence-electron chi connectivity index (χ0n) is 9.88. The van der Waals surface area contributed by atoms with Gasteiger partial charge in [0.25, 0.3) is 0 Å². The van der Waals surface area contributed by atoms with Gasteiger partial charge < -0.3 is 10.6 Å². The maximum Gasteiger partial charge on any atom is 0.0918 e. The fourth-order valence-electron chi connectivity index (χ4n) is 1.22. The van der Waals surface area contributed by atoms with Crippen molar-refractivity contribution in [1.29, 1.82) is 5.41 Å². The molecule has 0 aliphatic carbocycles. The molecule has 0 unspecified atom stereocenters. The molecule has 0 fully saturated rings. The molecule has 0 heterocycles. The van der Waals surface area contributed by atoms with E-state index in [2.05, 4.69) is 37.7 Å². The second-order valence-corrected chi connectivity index (χ2v) is 4.21. The van der Waals surface area contributed by atoms with Crippen molar-refractivity contribution in [3.05, 3.63) is 0 Å². The van der Waals surface area contributed by atoms with Crippen LogP contribution in [0.2, 0.25) is 0 Å². The van der Waals surface area contributed by atoms with Crippen molar-refractivity contribution in [3.63, 3.8) is 0 Å². The predicted molar refractivity (Wildman–Crippen MR) is 61.8 cm³/mol. The zero-order valence-corrected chi connectivity index (χ0v) is 9.88. The van der Waals surface area contributed by atoms with Gasteiger partial charge in [-0.1, -0.05) is 0 Å². The number of nitrogens with zero attached hydrogens (tertiary/aromatic N) is 2. The normalized spacial score (nSPS) is 11.6. The molecule has 4 nitrogen and oxygen atoms in total.